The van der Waals surface area contributed by atoms with E-state index < -0.39 is 17.4 Å². The molecule has 0 fully saturated rings. The molecule has 0 atom stereocenters. The minimum absolute atomic E-state index is 0.128. The van der Waals surface area contributed by atoms with E-state index in [9.17, 15) is 9.18 Å². The number of fused-ring (bicyclic) bond motifs is 1. The topological polar surface area (TPSA) is 39.9 Å². The predicted molar refractivity (Wildman–Crippen MR) is 62.4 cm³/mol. The van der Waals surface area contributed by atoms with Gasteiger partial charge in [-0.05, 0) is 19.9 Å². The summed E-state index contributed by atoms with van der Waals surface area (Å²) in [6, 6.07) is 1.04. The van der Waals surface area contributed by atoms with E-state index in [2.05, 4.69) is 9.58 Å². The standard InChI is InChI=1S/C13H12FNO3/c1-13(2)6-8-7(12(16)17-4)5-9(14)10(15-3)11(8)18-13/h5H,6H2,1-2,4H3. The van der Waals surface area contributed by atoms with E-state index in [-0.39, 0.29) is 17.0 Å². The fraction of sp³-hybridized carbons (Fsp3) is 0.385. The molecule has 1 aromatic rings. The minimum Gasteiger partial charge on any atom is -0.498 e. The Bertz CT molecular complexity index is 573. The van der Waals surface area contributed by atoms with Gasteiger partial charge in [-0.2, -0.15) is 0 Å². The van der Waals surface area contributed by atoms with Crippen LogP contribution in [-0.2, 0) is 11.2 Å². The smallest absolute Gasteiger partial charge is 0.338 e. The average molecular weight is 249 g/mol. The third-order valence-electron chi connectivity index (χ3n) is 2.81. The Morgan fingerprint density at radius 2 is 2.28 bits per heavy atom. The van der Waals surface area contributed by atoms with E-state index in [1.165, 1.54) is 7.11 Å². The van der Waals surface area contributed by atoms with E-state index in [1.54, 1.807) is 0 Å². The Morgan fingerprint density at radius 3 is 2.83 bits per heavy atom. The summed E-state index contributed by atoms with van der Waals surface area (Å²) in [5.41, 5.74) is -0.0660. The van der Waals surface area contributed by atoms with Gasteiger partial charge < -0.3 is 9.47 Å². The van der Waals surface area contributed by atoms with Crippen LogP contribution in [0.15, 0.2) is 6.07 Å². The lowest BCUT2D eigenvalue weighted by molar-refractivity contribution is 0.0599. The molecular formula is C13H12FNO3. The molecule has 0 bridgehead atoms. The molecule has 1 aliphatic rings. The summed E-state index contributed by atoms with van der Waals surface area (Å²) in [5, 5.41) is 0. The fourth-order valence-electron chi connectivity index (χ4n) is 2.08. The number of halogens is 1. The SMILES string of the molecule is [C-]#[N+]c1c(F)cc(C(=O)OC)c2c1OC(C)(C)C2. The fourth-order valence-corrected chi connectivity index (χ4v) is 2.08. The van der Waals surface area contributed by atoms with E-state index >= 15 is 0 Å². The third kappa shape index (κ3) is 1.80. The largest absolute Gasteiger partial charge is 0.498 e. The molecule has 1 aromatic carbocycles. The molecule has 1 aliphatic heterocycles. The molecule has 1 heterocycles. The molecule has 0 saturated carbocycles. The molecule has 2 rings (SSSR count). The van der Waals surface area contributed by atoms with E-state index in [1.807, 2.05) is 13.8 Å². The van der Waals surface area contributed by atoms with Gasteiger partial charge in [0.1, 0.15) is 17.2 Å². The molecule has 0 radical (unpaired) electrons. The number of esters is 1. The number of carbonyl (C=O) groups excluding carboxylic acids is 1. The summed E-state index contributed by atoms with van der Waals surface area (Å²) < 4.78 is 23.9. The maximum absolute atomic E-state index is 13.8. The average Bonchev–Trinajstić information content (AvgIpc) is 2.62. The Morgan fingerprint density at radius 1 is 1.61 bits per heavy atom. The Balaban J connectivity index is 2.69. The zero-order chi connectivity index (χ0) is 13.5. The monoisotopic (exact) mass is 249 g/mol. The lowest BCUT2D eigenvalue weighted by atomic mass is 9.96. The zero-order valence-electron chi connectivity index (χ0n) is 10.3. The number of ether oxygens (including phenoxy) is 2. The Kier molecular flexibility index (Phi) is 2.74. The van der Waals surface area contributed by atoms with Crippen molar-refractivity contribution in [2.24, 2.45) is 0 Å². The highest BCUT2D eigenvalue weighted by Gasteiger charge is 2.37. The van der Waals surface area contributed by atoms with Crippen molar-refractivity contribution >= 4 is 11.7 Å². The summed E-state index contributed by atoms with van der Waals surface area (Å²) >= 11 is 0. The van der Waals surface area contributed by atoms with Gasteiger partial charge in [-0.25, -0.2) is 14.0 Å². The third-order valence-corrected chi connectivity index (χ3v) is 2.81. The second-order valence-corrected chi connectivity index (χ2v) is 4.70. The molecule has 0 amide bonds. The zero-order valence-corrected chi connectivity index (χ0v) is 10.3. The second-order valence-electron chi connectivity index (χ2n) is 4.70. The van der Waals surface area contributed by atoms with Crippen molar-refractivity contribution in [3.63, 3.8) is 0 Å². The molecule has 0 aliphatic carbocycles. The van der Waals surface area contributed by atoms with Gasteiger partial charge in [-0.1, -0.05) is 0 Å². The number of benzene rings is 1. The van der Waals surface area contributed by atoms with Crippen molar-refractivity contribution in [1.29, 1.82) is 0 Å². The highest BCUT2D eigenvalue weighted by Crippen LogP contribution is 2.45. The van der Waals surface area contributed by atoms with Gasteiger partial charge >= 0.3 is 5.97 Å². The predicted octanol–water partition coefficient (Wildman–Crippen LogP) is 2.88. The molecule has 0 N–H and O–H groups in total. The quantitative estimate of drug-likeness (QED) is 0.567. The van der Waals surface area contributed by atoms with Gasteiger partial charge in [0, 0.05) is 12.0 Å². The highest BCUT2D eigenvalue weighted by molar-refractivity contribution is 5.93. The van der Waals surface area contributed by atoms with Gasteiger partial charge in [0.05, 0.1) is 19.2 Å². The lowest BCUT2D eigenvalue weighted by Gasteiger charge is -2.17. The number of hydrogen-bond acceptors (Lipinski definition) is 3. The van der Waals surface area contributed by atoms with Crippen LogP contribution in [-0.4, -0.2) is 18.7 Å². The molecule has 5 heteroatoms. The van der Waals surface area contributed by atoms with Crippen molar-refractivity contribution in [2.75, 3.05) is 7.11 Å². The van der Waals surface area contributed by atoms with Crippen molar-refractivity contribution in [1.82, 2.24) is 0 Å². The van der Waals surface area contributed by atoms with Gasteiger partial charge in [0.25, 0.3) is 5.69 Å². The number of methoxy groups -OCH3 is 1. The van der Waals surface area contributed by atoms with Crippen LogP contribution in [0.3, 0.4) is 0 Å². The van der Waals surface area contributed by atoms with Crippen molar-refractivity contribution in [3.05, 3.63) is 34.4 Å². The van der Waals surface area contributed by atoms with Crippen LogP contribution in [0.2, 0.25) is 0 Å². The summed E-state index contributed by atoms with van der Waals surface area (Å²) in [5.74, 6) is -1.22. The van der Waals surface area contributed by atoms with Gasteiger partial charge in [-0.15, -0.1) is 0 Å². The first-order valence-electron chi connectivity index (χ1n) is 5.40. The van der Waals surface area contributed by atoms with E-state index in [4.69, 9.17) is 11.3 Å². The number of hydrogen-bond donors (Lipinski definition) is 0. The maximum atomic E-state index is 13.8. The van der Waals surface area contributed by atoms with Crippen LogP contribution in [0, 0.1) is 12.4 Å². The first kappa shape index (κ1) is 12.4. The van der Waals surface area contributed by atoms with Crippen LogP contribution in [0.5, 0.6) is 5.75 Å². The lowest BCUT2D eigenvalue weighted by Crippen LogP contribution is -2.25. The van der Waals surface area contributed by atoms with Gasteiger partial charge in [-0.3, -0.25) is 0 Å². The van der Waals surface area contributed by atoms with Crippen LogP contribution in [0.25, 0.3) is 4.85 Å². The first-order chi connectivity index (χ1) is 8.39. The normalized spacial score (nSPS) is 15.5. The van der Waals surface area contributed by atoms with Crippen molar-refractivity contribution in [3.8, 4) is 5.75 Å². The molecule has 94 valence electrons. The molecule has 4 nitrogen and oxygen atoms in total. The summed E-state index contributed by atoms with van der Waals surface area (Å²) in [4.78, 5) is 14.7. The van der Waals surface area contributed by atoms with Crippen LogP contribution in [0.1, 0.15) is 29.8 Å². The maximum Gasteiger partial charge on any atom is 0.338 e. The first-order valence-corrected chi connectivity index (χ1v) is 5.40. The van der Waals surface area contributed by atoms with Crippen LogP contribution in [0.4, 0.5) is 10.1 Å². The minimum atomic E-state index is -0.762. The number of rotatable bonds is 1. The molecule has 18 heavy (non-hydrogen) atoms. The summed E-state index contributed by atoms with van der Waals surface area (Å²) in [6.07, 6.45) is 0.440. The second kappa shape index (κ2) is 3.98. The molecular weight excluding hydrogens is 237 g/mol. The summed E-state index contributed by atoms with van der Waals surface area (Å²) in [6.45, 7) is 10.6. The highest BCUT2D eigenvalue weighted by atomic mass is 19.1. The van der Waals surface area contributed by atoms with Crippen molar-refractivity contribution < 1.29 is 18.7 Å². The number of carbonyl (C=O) groups is 1. The summed E-state index contributed by atoms with van der Waals surface area (Å²) in [7, 11) is 1.23. The van der Waals surface area contributed by atoms with Gasteiger partial charge in [0.2, 0.25) is 0 Å². The van der Waals surface area contributed by atoms with Crippen molar-refractivity contribution in [2.45, 2.75) is 25.9 Å². The molecule has 0 spiro atoms. The Hall–Kier alpha value is -2.09. The van der Waals surface area contributed by atoms with Crippen LogP contribution >= 0.6 is 0 Å². The van der Waals surface area contributed by atoms with Crippen LogP contribution < -0.4 is 4.74 Å². The van der Waals surface area contributed by atoms with E-state index in [0.29, 0.717) is 12.0 Å². The van der Waals surface area contributed by atoms with E-state index in [0.717, 1.165) is 6.07 Å². The Labute approximate surface area is 104 Å². The number of nitrogens with zero attached hydrogens (tertiary/aromatic N) is 1. The van der Waals surface area contributed by atoms with Gasteiger partial charge in [0.15, 0.2) is 0 Å². The molecule has 0 aromatic heterocycles. The molecule has 0 unspecified atom stereocenters. The molecule has 0 saturated heterocycles.